The van der Waals surface area contributed by atoms with Crippen molar-refractivity contribution < 1.29 is 13.2 Å². The Morgan fingerprint density at radius 3 is 2.45 bits per heavy atom. The molecule has 0 aliphatic carbocycles. The van der Waals surface area contributed by atoms with Crippen LogP contribution in [0.4, 0.5) is 0 Å². The van der Waals surface area contributed by atoms with E-state index in [2.05, 4.69) is 26.6 Å². The average molecular weight is 392 g/mol. The Morgan fingerprint density at radius 1 is 1.32 bits per heavy atom. The third kappa shape index (κ3) is 5.68. The van der Waals surface area contributed by atoms with Gasteiger partial charge in [0.2, 0.25) is 15.9 Å². The lowest BCUT2D eigenvalue weighted by molar-refractivity contribution is -0.121. The van der Waals surface area contributed by atoms with E-state index in [9.17, 15) is 13.2 Å². The van der Waals surface area contributed by atoms with Crippen LogP contribution in [0.3, 0.4) is 0 Å². The van der Waals surface area contributed by atoms with Gasteiger partial charge in [0, 0.05) is 24.1 Å². The van der Waals surface area contributed by atoms with Crippen molar-refractivity contribution in [3.8, 4) is 0 Å². The Balaban J connectivity index is 2.61. The van der Waals surface area contributed by atoms with Gasteiger partial charge in [0.25, 0.3) is 0 Å². The minimum atomic E-state index is -3.66. The molecule has 2 N–H and O–H groups in total. The number of sulfonamides is 1. The van der Waals surface area contributed by atoms with E-state index in [1.54, 1.807) is 12.1 Å². The fourth-order valence-electron chi connectivity index (χ4n) is 1.82. The van der Waals surface area contributed by atoms with Crippen LogP contribution in [-0.4, -0.2) is 51.4 Å². The minimum Gasteiger partial charge on any atom is -0.353 e. The molecule has 0 bridgehead atoms. The summed E-state index contributed by atoms with van der Waals surface area (Å²) in [6, 6.07) is 6.45. The molecule has 0 spiro atoms. The molecule has 0 aromatic heterocycles. The molecule has 8 heteroatoms. The van der Waals surface area contributed by atoms with E-state index in [0.717, 1.165) is 15.3 Å². The second kappa shape index (κ2) is 8.61. The molecule has 1 aromatic rings. The van der Waals surface area contributed by atoms with Crippen LogP contribution >= 0.6 is 15.9 Å². The summed E-state index contributed by atoms with van der Waals surface area (Å²) in [5.41, 5.74) is 0. The third-order valence-electron chi connectivity index (χ3n) is 3.05. The van der Waals surface area contributed by atoms with E-state index in [0.29, 0.717) is 6.54 Å². The summed E-state index contributed by atoms with van der Waals surface area (Å²) in [5.74, 6) is -0.326. The van der Waals surface area contributed by atoms with Crippen LogP contribution in [0.25, 0.3) is 0 Å². The lowest BCUT2D eigenvalue weighted by Gasteiger charge is -2.18. The number of nitrogens with one attached hydrogen (secondary N) is 2. The first-order valence-corrected chi connectivity index (χ1v) is 9.22. The van der Waals surface area contributed by atoms with Crippen molar-refractivity contribution in [2.75, 3.05) is 26.7 Å². The number of likely N-dealkylation sites (N-methyl/N-ethyl adjacent to an activating group) is 2. The zero-order chi connectivity index (χ0) is 16.8. The number of carbonyl (C=O) groups is 1. The molecule has 1 aromatic carbocycles. The topological polar surface area (TPSA) is 78.5 Å². The van der Waals surface area contributed by atoms with Gasteiger partial charge in [-0.2, -0.15) is 4.31 Å². The van der Waals surface area contributed by atoms with E-state index < -0.39 is 10.0 Å². The molecule has 0 radical (unpaired) electrons. The maximum absolute atomic E-state index is 12.3. The molecule has 0 saturated carbocycles. The number of hydrogen-bond donors (Lipinski definition) is 2. The maximum atomic E-state index is 12.3. The molecule has 0 unspecified atom stereocenters. The minimum absolute atomic E-state index is 0.141. The highest BCUT2D eigenvalue weighted by atomic mass is 79.9. The molecule has 0 aliphatic heterocycles. The molecular weight excluding hydrogens is 370 g/mol. The van der Waals surface area contributed by atoms with Crippen LogP contribution in [0.15, 0.2) is 33.6 Å². The highest BCUT2D eigenvalue weighted by Crippen LogP contribution is 2.17. The number of hydrogen-bond acceptors (Lipinski definition) is 4. The summed E-state index contributed by atoms with van der Waals surface area (Å²) in [5, 5.41) is 5.88. The predicted octanol–water partition coefficient (Wildman–Crippen LogP) is 1.18. The predicted molar refractivity (Wildman–Crippen MR) is 90.1 cm³/mol. The monoisotopic (exact) mass is 391 g/mol. The van der Waals surface area contributed by atoms with E-state index in [1.807, 2.05) is 13.8 Å². The Bertz CT molecular complexity index is 590. The molecule has 1 amide bonds. The summed E-state index contributed by atoms with van der Waals surface area (Å²) in [6.07, 6.45) is 0. The first-order valence-electron chi connectivity index (χ1n) is 6.99. The number of halogens is 1. The molecule has 22 heavy (non-hydrogen) atoms. The Morgan fingerprint density at radius 2 is 1.91 bits per heavy atom. The molecule has 0 fully saturated rings. The van der Waals surface area contributed by atoms with E-state index in [-0.39, 0.29) is 23.4 Å². The van der Waals surface area contributed by atoms with Gasteiger partial charge in [-0.15, -0.1) is 0 Å². The zero-order valence-corrected chi connectivity index (χ0v) is 15.4. The van der Waals surface area contributed by atoms with Crippen LogP contribution in [0.2, 0.25) is 0 Å². The van der Waals surface area contributed by atoms with Gasteiger partial charge < -0.3 is 10.6 Å². The van der Waals surface area contributed by atoms with Crippen molar-refractivity contribution in [3.63, 3.8) is 0 Å². The number of rotatable bonds is 8. The fourth-order valence-corrected chi connectivity index (χ4v) is 3.21. The first-order chi connectivity index (χ1) is 10.3. The number of nitrogens with zero attached hydrogens (tertiary/aromatic N) is 1. The van der Waals surface area contributed by atoms with Crippen LogP contribution in [0, 0.1) is 0 Å². The zero-order valence-electron chi connectivity index (χ0n) is 13.0. The van der Waals surface area contributed by atoms with E-state index in [4.69, 9.17) is 0 Å². The quantitative estimate of drug-likeness (QED) is 0.697. The van der Waals surface area contributed by atoms with Gasteiger partial charge in [0.1, 0.15) is 0 Å². The smallest absolute Gasteiger partial charge is 0.243 e. The maximum Gasteiger partial charge on any atom is 0.243 e. The SMILES string of the molecule is CCN[C@H](C)CNC(=O)CN(C)S(=O)(=O)c1ccc(Br)cc1. The van der Waals surface area contributed by atoms with Crippen molar-refractivity contribution in [3.05, 3.63) is 28.7 Å². The molecule has 1 rings (SSSR count). The van der Waals surface area contributed by atoms with Crippen molar-refractivity contribution in [2.24, 2.45) is 0 Å². The average Bonchev–Trinajstić information content (AvgIpc) is 2.46. The number of carbonyl (C=O) groups excluding carboxylic acids is 1. The van der Waals surface area contributed by atoms with Crippen molar-refractivity contribution >= 4 is 31.9 Å². The summed E-state index contributed by atoms with van der Waals surface area (Å²) in [4.78, 5) is 12.0. The van der Waals surface area contributed by atoms with Crippen LogP contribution in [0.1, 0.15) is 13.8 Å². The van der Waals surface area contributed by atoms with Gasteiger partial charge in [-0.25, -0.2) is 8.42 Å². The first kappa shape index (κ1) is 19.1. The fraction of sp³-hybridized carbons (Fsp3) is 0.500. The van der Waals surface area contributed by atoms with Crippen LogP contribution in [0.5, 0.6) is 0 Å². The summed E-state index contributed by atoms with van der Waals surface area (Å²) >= 11 is 3.26. The highest BCUT2D eigenvalue weighted by Gasteiger charge is 2.22. The lowest BCUT2D eigenvalue weighted by atomic mass is 10.3. The highest BCUT2D eigenvalue weighted by molar-refractivity contribution is 9.10. The van der Waals surface area contributed by atoms with Crippen molar-refractivity contribution in [1.29, 1.82) is 0 Å². The van der Waals surface area contributed by atoms with Gasteiger partial charge in [0.15, 0.2) is 0 Å². The molecule has 0 heterocycles. The van der Waals surface area contributed by atoms with Gasteiger partial charge in [-0.05, 0) is 37.7 Å². The molecular formula is C14H22BrN3O3S. The van der Waals surface area contributed by atoms with Crippen LogP contribution < -0.4 is 10.6 Å². The lowest BCUT2D eigenvalue weighted by Crippen LogP contribution is -2.43. The standard InChI is InChI=1S/C14H22BrN3O3S/c1-4-16-11(2)9-17-14(19)10-18(3)22(20,21)13-7-5-12(15)6-8-13/h5-8,11,16H,4,9-10H2,1-3H3,(H,17,19)/t11-/m1/s1. The Hall–Kier alpha value is -0.960. The van der Waals surface area contributed by atoms with Crippen molar-refractivity contribution in [2.45, 2.75) is 24.8 Å². The molecule has 0 aliphatic rings. The van der Waals surface area contributed by atoms with Crippen LogP contribution in [-0.2, 0) is 14.8 Å². The Kier molecular flexibility index (Phi) is 7.47. The normalized spacial score (nSPS) is 13.1. The second-order valence-electron chi connectivity index (χ2n) is 4.98. The second-order valence-corrected chi connectivity index (χ2v) is 7.94. The molecule has 124 valence electrons. The van der Waals surface area contributed by atoms with Gasteiger partial charge in [-0.1, -0.05) is 22.9 Å². The summed E-state index contributed by atoms with van der Waals surface area (Å²) in [6.45, 7) is 4.99. The molecule has 6 nitrogen and oxygen atoms in total. The third-order valence-corrected chi connectivity index (χ3v) is 5.39. The number of benzene rings is 1. The largest absolute Gasteiger partial charge is 0.353 e. The van der Waals surface area contributed by atoms with Gasteiger partial charge in [0.05, 0.1) is 11.4 Å². The van der Waals surface area contributed by atoms with E-state index in [1.165, 1.54) is 19.2 Å². The summed E-state index contributed by atoms with van der Waals surface area (Å²) < 4.78 is 26.5. The number of amides is 1. The van der Waals surface area contributed by atoms with E-state index >= 15 is 0 Å². The Labute approximate surface area is 140 Å². The summed E-state index contributed by atoms with van der Waals surface area (Å²) in [7, 11) is -2.27. The van der Waals surface area contributed by atoms with Gasteiger partial charge in [-0.3, -0.25) is 4.79 Å². The van der Waals surface area contributed by atoms with Crippen molar-refractivity contribution in [1.82, 2.24) is 14.9 Å². The van der Waals surface area contributed by atoms with Gasteiger partial charge >= 0.3 is 0 Å². The molecule has 1 atom stereocenters. The molecule has 0 saturated heterocycles.